The van der Waals surface area contributed by atoms with Crippen molar-refractivity contribution >= 4 is 6.21 Å². The lowest BCUT2D eigenvalue weighted by Crippen LogP contribution is -2.19. The Bertz CT molecular complexity index is 279. The molecule has 0 aromatic rings. The monoisotopic (exact) mass is 381 g/mol. The van der Waals surface area contributed by atoms with Gasteiger partial charge in [0.25, 0.3) is 0 Å². The Kier molecular flexibility index (Phi) is 25.2. The highest BCUT2D eigenvalue weighted by Gasteiger charge is 1.94. The molecule has 0 aliphatic carbocycles. The van der Waals surface area contributed by atoms with Crippen LogP contribution >= 0.6 is 0 Å². The Morgan fingerprint density at radius 3 is 1.63 bits per heavy atom. The van der Waals surface area contributed by atoms with Gasteiger partial charge in [-0.05, 0) is 51.5 Å². The molecule has 3 nitrogen and oxygen atoms in total. The van der Waals surface area contributed by atoms with E-state index < -0.39 is 0 Å². The van der Waals surface area contributed by atoms with E-state index in [4.69, 9.17) is 5.73 Å². The third kappa shape index (κ3) is 25.6. The first-order valence-electron chi connectivity index (χ1n) is 12.3. The maximum atomic E-state index is 5.46. The smallest absolute Gasteiger partial charge is 0.0397 e. The number of aliphatic imine (C=N–C) groups is 1. The van der Waals surface area contributed by atoms with Gasteiger partial charge in [0.1, 0.15) is 0 Å². The topological polar surface area (TPSA) is 50.4 Å². The van der Waals surface area contributed by atoms with Crippen molar-refractivity contribution in [3.63, 3.8) is 0 Å². The molecule has 0 aliphatic heterocycles. The van der Waals surface area contributed by atoms with Crippen molar-refractivity contribution in [1.29, 1.82) is 0 Å². The molecule has 0 saturated carbocycles. The highest BCUT2D eigenvalue weighted by Crippen LogP contribution is 2.13. The summed E-state index contributed by atoms with van der Waals surface area (Å²) in [7, 11) is 0. The van der Waals surface area contributed by atoms with Crippen LogP contribution in [-0.2, 0) is 0 Å². The van der Waals surface area contributed by atoms with E-state index in [1.54, 1.807) is 0 Å². The van der Waals surface area contributed by atoms with Crippen molar-refractivity contribution in [2.24, 2.45) is 10.7 Å². The molecule has 0 saturated heterocycles. The first kappa shape index (κ1) is 26.6. The molecule has 0 spiro atoms. The van der Waals surface area contributed by atoms with Gasteiger partial charge >= 0.3 is 0 Å². The lowest BCUT2D eigenvalue weighted by atomic mass is 10.0. The molecule has 0 aromatic carbocycles. The van der Waals surface area contributed by atoms with Gasteiger partial charge in [-0.1, -0.05) is 96.8 Å². The Morgan fingerprint density at radius 1 is 0.630 bits per heavy atom. The zero-order chi connectivity index (χ0) is 19.7. The molecule has 162 valence electrons. The molecular formula is C24H51N3. The van der Waals surface area contributed by atoms with Crippen LogP contribution in [0.3, 0.4) is 0 Å². The molecule has 0 unspecified atom stereocenters. The summed E-state index contributed by atoms with van der Waals surface area (Å²) in [6, 6.07) is 0. The Morgan fingerprint density at radius 2 is 1.11 bits per heavy atom. The van der Waals surface area contributed by atoms with E-state index in [9.17, 15) is 0 Å². The minimum Gasteiger partial charge on any atom is -0.330 e. The summed E-state index contributed by atoms with van der Waals surface area (Å²) in [5.41, 5.74) is 5.46. The third-order valence-electron chi connectivity index (χ3n) is 5.26. The van der Waals surface area contributed by atoms with E-state index in [0.717, 1.165) is 39.0 Å². The van der Waals surface area contributed by atoms with Crippen molar-refractivity contribution in [3.05, 3.63) is 0 Å². The molecule has 0 amide bonds. The van der Waals surface area contributed by atoms with E-state index in [-0.39, 0.29) is 0 Å². The summed E-state index contributed by atoms with van der Waals surface area (Å²) < 4.78 is 0. The second kappa shape index (κ2) is 25.6. The number of hydrogen-bond donors (Lipinski definition) is 2. The Balaban J connectivity index is 3.03. The van der Waals surface area contributed by atoms with Gasteiger partial charge in [-0.3, -0.25) is 4.99 Å². The summed E-state index contributed by atoms with van der Waals surface area (Å²) in [4.78, 5) is 4.50. The van der Waals surface area contributed by atoms with Crippen LogP contribution < -0.4 is 11.1 Å². The summed E-state index contributed by atoms with van der Waals surface area (Å²) >= 11 is 0. The Hall–Kier alpha value is -0.410. The maximum Gasteiger partial charge on any atom is 0.0397 e. The molecule has 0 aliphatic rings. The molecule has 3 N–H and O–H groups in total. The zero-order valence-electron chi connectivity index (χ0n) is 18.7. The van der Waals surface area contributed by atoms with Crippen LogP contribution in [0, 0.1) is 0 Å². The minimum atomic E-state index is 0.782. The fourth-order valence-corrected chi connectivity index (χ4v) is 3.44. The van der Waals surface area contributed by atoms with Gasteiger partial charge in [0, 0.05) is 6.54 Å². The molecule has 0 rings (SSSR count). The molecular weight excluding hydrogens is 330 g/mol. The average molecular weight is 382 g/mol. The molecule has 0 bridgehead atoms. The predicted molar refractivity (Wildman–Crippen MR) is 124 cm³/mol. The van der Waals surface area contributed by atoms with Crippen LogP contribution in [-0.4, -0.2) is 32.4 Å². The van der Waals surface area contributed by atoms with E-state index in [1.807, 2.05) is 0 Å². The van der Waals surface area contributed by atoms with Gasteiger partial charge in [0.15, 0.2) is 0 Å². The lowest BCUT2D eigenvalue weighted by molar-refractivity contribution is 0.533. The zero-order valence-corrected chi connectivity index (χ0v) is 18.7. The quantitative estimate of drug-likeness (QED) is 0.154. The Labute approximate surface area is 171 Å². The largest absolute Gasteiger partial charge is 0.330 e. The molecule has 0 aromatic heterocycles. The van der Waals surface area contributed by atoms with Gasteiger partial charge in [0.05, 0.1) is 0 Å². The fraction of sp³-hybridized carbons (Fsp3) is 0.958. The highest BCUT2D eigenvalue weighted by molar-refractivity contribution is 5.56. The normalized spacial score (nSPS) is 11.6. The number of rotatable bonds is 23. The van der Waals surface area contributed by atoms with Gasteiger partial charge < -0.3 is 11.1 Å². The van der Waals surface area contributed by atoms with Crippen molar-refractivity contribution in [1.82, 2.24) is 5.32 Å². The van der Waals surface area contributed by atoms with E-state index in [2.05, 4.69) is 23.4 Å². The van der Waals surface area contributed by atoms with Crippen LogP contribution in [0.25, 0.3) is 0 Å². The van der Waals surface area contributed by atoms with Gasteiger partial charge in [-0.15, -0.1) is 0 Å². The van der Waals surface area contributed by atoms with Crippen LogP contribution in [0.2, 0.25) is 0 Å². The van der Waals surface area contributed by atoms with Crippen LogP contribution in [0.5, 0.6) is 0 Å². The molecule has 0 radical (unpaired) electrons. The first-order chi connectivity index (χ1) is 13.4. The predicted octanol–water partition coefficient (Wildman–Crippen LogP) is 6.65. The number of hydrogen-bond acceptors (Lipinski definition) is 3. The maximum absolute atomic E-state index is 5.46. The average Bonchev–Trinajstić information content (AvgIpc) is 2.68. The van der Waals surface area contributed by atoms with E-state index >= 15 is 0 Å². The minimum absolute atomic E-state index is 0.782. The summed E-state index contributed by atoms with van der Waals surface area (Å²) in [5.74, 6) is 0. The molecule has 27 heavy (non-hydrogen) atoms. The SMILES string of the molecule is CCCCCCCCCCCCCCCCCC=NCCCNCCCN. The van der Waals surface area contributed by atoms with Gasteiger partial charge in [-0.2, -0.15) is 0 Å². The van der Waals surface area contributed by atoms with Crippen molar-refractivity contribution < 1.29 is 0 Å². The number of nitrogens with two attached hydrogens (primary N) is 1. The number of nitrogens with one attached hydrogen (secondary N) is 1. The molecule has 3 heteroatoms. The van der Waals surface area contributed by atoms with Crippen LogP contribution in [0.15, 0.2) is 4.99 Å². The fourth-order valence-electron chi connectivity index (χ4n) is 3.44. The molecule has 0 atom stereocenters. The van der Waals surface area contributed by atoms with E-state index in [1.165, 1.54) is 103 Å². The third-order valence-corrected chi connectivity index (χ3v) is 5.26. The summed E-state index contributed by atoms with van der Waals surface area (Å²) in [6.07, 6.45) is 27.0. The highest BCUT2D eigenvalue weighted by atomic mass is 14.9. The van der Waals surface area contributed by atoms with Gasteiger partial charge in [-0.25, -0.2) is 0 Å². The van der Waals surface area contributed by atoms with Gasteiger partial charge in [0.2, 0.25) is 0 Å². The standard InChI is InChI=1S/C24H51N3/c1-2-3-4-5-6-7-8-9-10-11-12-13-14-15-16-17-21-26-23-19-24-27-22-18-20-25/h21,27H,2-20,22-25H2,1H3. The second-order valence-electron chi connectivity index (χ2n) is 8.07. The second-order valence-corrected chi connectivity index (χ2v) is 8.07. The first-order valence-corrected chi connectivity index (χ1v) is 12.3. The molecule has 0 heterocycles. The summed E-state index contributed by atoms with van der Waals surface area (Å²) in [6.45, 7) is 6.15. The lowest BCUT2D eigenvalue weighted by Gasteiger charge is -2.03. The molecule has 0 fully saturated rings. The van der Waals surface area contributed by atoms with Crippen LogP contribution in [0.4, 0.5) is 0 Å². The van der Waals surface area contributed by atoms with Crippen molar-refractivity contribution in [2.75, 3.05) is 26.2 Å². The number of nitrogens with zero attached hydrogens (tertiary/aromatic N) is 1. The van der Waals surface area contributed by atoms with E-state index in [0.29, 0.717) is 0 Å². The van der Waals surface area contributed by atoms with Crippen molar-refractivity contribution in [2.45, 2.75) is 122 Å². The van der Waals surface area contributed by atoms with Crippen molar-refractivity contribution in [3.8, 4) is 0 Å². The number of unbranched alkanes of at least 4 members (excludes halogenated alkanes) is 15. The summed E-state index contributed by atoms with van der Waals surface area (Å²) in [5, 5.41) is 3.39. The van der Waals surface area contributed by atoms with Crippen LogP contribution in [0.1, 0.15) is 122 Å².